The van der Waals surface area contributed by atoms with Crippen LogP contribution in [-0.2, 0) is 6.42 Å². The maximum absolute atomic E-state index is 4.80. The van der Waals surface area contributed by atoms with Crippen LogP contribution in [0.5, 0.6) is 0 Å². The van der Waals surface area contributed by atoms with Gasteiger partial charge >= 0.3 is 0 Å². The summed E-state index contributed by atoms with van der Waals surface area (Å²) in [7, 11) is 0. The standard InChI is InChI=1S/C21H40N6S.HI/c1-6-22-20(23-11-9-15-27(17(2)3)18(4)5)24-12-10-19-16-28-21(25-19)26-13-7-8-14-26;/h16-18H,6-15H2,1-5H3,(H2,22,23,24);1H. The third-order valence-corrected chi connectivity index (χ3v) is 6.06. The molecular weight excluding hydrogens is 495 g/mol. The fourth-order valence-corrected chi connectivity index (χ4v) is 4.59. The molecule has 1 fully saturated rings. The molecular formula is C21H41IN6S. The smallest absolute Gasteiger partial charge is 0.191 e. The molecule has 8 heteroatoms. The van der Waals surface area contributed by atoms with Gasteiger partial charge in [0.1, 0.15) is 0 Å². The van der Waals surface area contributed by atoms with Crippen LogP contribution in [0, 0.1) is 0 Å². The van der Waals surface area contributed by atoms with Gasteiger partial charge < -0.3 is 15.5 Å². The van der Waals surface area contributed by atoms with Gasteiger partial charge in [-0.25, -0.2) is 4.98 Å². The van der Waals surface area contributed by atoms with E-state index in [1.54, 1.807) is 11.3 Å². The fraction of sp³-hybridized carbons (Fsp3) is 0.810. The van der Waals surface area contributed by atoms with Gasteiger partial charge in [-0.1, -0.05) is 0 Å². The number of aliphatic imine (C=N–C) groups is 1. The lowest BCUT2D eigenvalue weighted by molar-refractivity contribution is 0.174. The van der Waals surface area contributed by atoms with Crippen molar-refractivity contribution in [1.29, 1.82) is 0 Å². The second kappa shape index (κ2) is 14.4. The number of thiazole rings is 1. The maximum Gasteiger partial charge on any atom is 0.191 e. The molecule has 6 nitrogen and oxygen atoms in total. The van der Waals surface area contributed by atoms with Crippen LogP contribution in [0.3, 0.4) is 0 Å². The number of guanidine groups is 1. The van der Waals surface area contributed by atoms with Gasteiger partial charge in [-0.15, -0.1) is 35.3 Å². The van der Waals surface area contributed by atoms with Crippen LogP contribution in [0.15, 0.2) is 10.4 Å². The average Bonchev–Trinajstić information content (AvgIpc) is 3.32. The molecule has 0 radical (unpaired) electrons. The van der Waals surface area contributed by atoms with Crippen LogP contribution in [0.1, 0.15) is 59.6 Å². The molecule has 0 bridgehead atoms. The van der Waals surface area contributed by atoms with E-state index in [1.165, 1.54) is 23.7 Å². The van der Waals surface area contributed by atoms with Crippen molar-refractivity contribution in [3.05, 3.63) is 11.1 Å². The largest absolute Gasteiger partial charge is 0.357 e. The van der Waals surface area contributed by atoms with Crippen LogP contribution < -0.4 is 15.5 Å². The fourth-order valence-electron chi connectivity index (χ4n) is 3.67. The van der Waals surface area contributed by atoms with Gasteiger partial charge in [-0.05, 0) is 53.9 Å². The van der Waals surface area contributed by atoms with Gasteiger partial charge in [-0.3, -0.25) is 9.89 Å². The van der Waals surface area contributed by atoms with Gasteiger partial charge in [-0.2, -0.15) is 0 Å². The van der Waals surface area contributed by atoms with Crippen molar-refractivity contribution in [3.63, 3.8) is 0 Å². The molecule has 0 spiro atoms. The van der Waals surface area contributed by atoms with Gasteiger partial charge in [0.2, 0.25) is 0 Å². The molecule has 1 aliphatic heterocycles. The summed E-state index contributed by atoms with van der Waals surface area (Å²) in [5, 5.41) is 10.2. The Morgan fingerprint density at radius 1 is 1.21 bits per heavy atom. The van der Waals surface area contributed by atoms with E-state index in [2.05, 4.69) is 60.4 Å². The van der Waals surface area contributed by atoms with E-state index in [1.807, 2.05) is 0 Å². The van der Waals surface area contributed by atoms with E-state index in [0.29, 0.717) is 12.1 Å². The molecule has 0 aromatic carbocycles. The predicted octanol–water partition coefficient (Wildman–Crippen LogP) is 3.97. The molecule has 0 aliphatic carbocycles. The summed E-state index contributed by atoms with van der Waals surface area (Å²) in [6.07, 6.45) is 4.61. The number of halogens is 1. The number of rotatable bonds is 11. The van der Waals surface area contributed by atoms with E-state index >= 15 is 0 Å². The molecule has 1 aromatic heterocycles. The van der Waals surface area contributed by atoms with E-state index in [4.69, 9.17) is 9.98 Å². The molecule has 1 saturated heterocycles. The lowest BCUT2D eigenvalue weighted by Crippen LogP contribution is -2.39. The number of nitrogens with zero attached hydrogens (tertiary/aromatic N) is 4. The molecule has 0 atom stereocenters. The summed E-state index contributed by atoms with van der Waals surface area (Å²) in [5.41, 5.74) is 1.18. The lowest BCUT2D eigenvalue weighted by Gasteiger charge is -2.30. The monoisotopic (exact) mass is 536 g/mol. The van der Waals surface area contributed by atoms with Crippen molar-refractivity contribution in [2.24, 2.45) is 4.99 Å². The number of hydrogen-bond donors (Lipinski definition) is 2. The topological polar surface area (TPSA) is 55.8 Å². The zero-order chi connectivity index (χ0) is 20.4. The molecule has 1 aromatic rings. The van der Waals surface area contributed by atoms with E-state index in [-0.39, 0.29) is 24.0 Å². The van der Waals surface area contributed by atoms with Crippen LogP contribution in [0.4, 0.5) is 5.13 Å². The van der Waals surface area contributed by atoms with E-state index in [9.17, 15) is 0 Å². The molecule has 2 rings (SSSR count). The Bertz CT molecular complexity index is 575. The van der Waals surface area contributed by atoms with Crippen molar-refractivity contribution in [1.82, 2.24) is 20.5 Å². The van der Waals surface area contributed by atoms with Crippen molar-refractivity contribution >= 4 is 46.4 Å². The van der Waals surface area contributed by atoms with E-state index in [0.717, 1.165) is 58.1 Å². The third-order valence-electron chi connectivity index (χ3n) is 5.10. The Morgan fingerprint density at radius 3 is 2.52 bits per heavy atom. The van der Waals surface area contributed by atoms with Crippen molar-refractivity contribution in [2.75, 3.05) is 44.2 Å². The first-order valence-corrected chi connectivity index (χ1v) is 11.9. The molecule has 168 valence electrons. The van der Waals surface area contributed by atoms with Crippen LogP contribution in [-0.4, -0.2) is 67.2 Å². The second-order valence-electron chi connectivity index (χ2n) is 8.03. The molecule has 2 N–H and O–H groups in total. The van der Waals surface area contributed by atoms with Crippen molar-refractivity contribution in [2.45, 2.75) is 72.4 Å². The number of nitrogens with one attached hydrogen (secondary N) is 2. The van der Waals surface area contributed by atoms with Crippen molar-refractivity contribution in [3.8, 4) is 0 Å². The summed E-state index contributed by atoms with van der Waals surface area (Å²) in [6.45, 7) is 17.2. The first-order valence-electron chi connectivity index (χ1n) is 11.0. The summed E-state index contributed by atoms with van der Waals surface area (Å²) < 4.78 is 0. The Labute approximate surface area is 199 Å². The SMILES string of the molecule is CCNC(=NCCCN(C(C)C)C(C)C)NCCc1csc(N2CCCC2)n1.I. The van der Waals surface area contributed by atoms with Gasteiger partial charge in [0.05, 0.1) is 5.69 Å². The molecule has 1 aliphatic rings. The van der Waals surface area contributed by atoms with Crippen LogP contribution >= 0.6 is 35.3 Å². The Kier molecular flexibility index (Phi) is 13.1. The molecule has 29 heavy (non-hydrogen) atoms. The Balaban J connectivity index is 0.00000420. The normalized spacial score (nSPS) is 14.8. The maximum atomic E-state index is 4.80. The molecule has 2 heterocycles. The van der Waals surface area contributed by atoms with Gasteiger partial charge in [0.15, 0.2) is 11.1 Å². The molecule has 0 unspecified atom stereocenters. The zero-order valence-electron chi connectivity index (χ0n) is 18.9. The highest BCUT2D eigenvalue weighted by Gasteiger charge is 2.15. The number of anilines is 1. The molecule has 0 saturated carbocycles. The van der Waals surface area contributed by atoms with Crippen molar-refractivity contribution < 1.29 is 0 Å². The summed E-state index contributed by atoms with van der Waals surface area (Å²) in [6, 6.07) is 1.16. The highest BCUT2D eigenvalue weighted by Crippen LogP contribution is 2.24. The summed E-state index contributed by atoms with van der Waals surface area (Å²) >= 11 is 1.78. The third kappa shape index (κ3) is 9.38. The minimum atomic E-state index is 0. The highest BCUT2D eigenvalue weighted by atomic mass is 127. The van der Waals surface area contributed by atoms with Crippen LogP contribution in [0.25, 0.3) is 0 Å². The molecule has 0 amide bonds. The summed E-state index contributed by atoms with van der Waals surface area (Å²) in [4.78, 5) is 14.5. The Morgan fingerprint density at radius 2 is 1.90 bits per heavy atom. The van der Waals surface area contributed by atoms with Gasteiger partial charge in [0, 0.05) is 63.2 Å². The first-order chi connectivity index (χ1) is 13.5. The number of hydrogen-bond acceptors (Lipinski definition) is 5. The number of aromatic nitrogens is 1. The lowest BCUT2D eigenvalue weighted by atomic mass is 10.2. The van der Waals surface area contributed by atoms with E-state index < -0.39 is 0 Å². The second-order valence-corrected chi connectivity index (χ2v) is 8.87. The summed E-state index contributed by atoms with van der Waals surface area (Å²) in [5.74, 6) is 0.915. The average molecular weight is 537 g/mol. The van der Waals surface area contributed by atoms with Gasteiger partial charge in [0.25, 0.3) is 0 Å². The minimum absolute atomic E-state index is 0. The first kappa shape index (κ1) is 26.4. The Hall–Kier alpha value is -0.610. The quantitative estimate of drug-likeness (QED) is 0.194. The minimum Gasteiger partial charge on any atom is -0.357 e. The zero-order valence-corrected chi connectivity index (χ0v) is 22.1. The predicted molar refractivity (Wildman–Crippen MR) is 138 cm³/mol. The highest BCUT2D eigenvalue weighted by molar-refractivity contribution is 14.0. The van der Waals surface area contributed by atoms with Crippen LogP contribution in [0.2, 0.25) is 0 Å².